The highest BCUT2D eigenvalue weighted by Crippen LogP contribution is 2.25. The molecule has 0 bridgehead atoms. The van der Waals surface area contributed by atoms with Gasteiger partial charge < -0.3 is 10.5 Å². The number of ether oxygens (including phenoxy) is 1. The molecule has 0 aliphatic heterocycles. The zero-order valence-electron chi connectivity index (χ0n) is 7.47. The third-order valence-corrected chi connectivity index (χ3v) is 1.74. The first-order chi connectivity index (χ1) is 6.06. The Morgan fingerprint density at radius 1 is 1.38 bits per heavy atom. The second-order valence-corrected chi connectivity index (χ2v) is 2.80. The molecule has 0 aliphatic carbocycles. The summed E-state index contributed by atoms with van der Waals surface area (Å²) in [6.45, 7) is 1.58. The molecular formula is C9H11F2NO. The topological polar surface area (TPSA) is 35.2 Å². The van der Waals surface area contributed by atoms with Crippen LogP contribution in [0.25, 0.3) is 0 Å². The van der Waals surface area contributed by atoms with E-state index in [0.29, 0.717) is 0 Å². The minimum Gasteiger partial charge on any atom is -0.494 e. The Kier molecular flexibility index (Phi) is 2.83. The fourth-order valence-electron chi connectivity index (χ4n) is 1.06. The van der Waals surface area contributed by atoms with E-state index in [4.69, 9.17) is 5.73 Å². The number of nitrogens with two attached hydrogens (primary N) is 1. The molecule has 1 atom stereocenters. The van der Waals surface area contributed by atoms with Gasteiger partial charge in [0.15, 0.2) is 11.6 Å². The van der Waals surface area contributed by atoms with Gasteiger partial charge in [0.25, 0.3) is 0 Å². The van der Waals surface area contributed by atoms with Crippen LogP contribution in [0.3, 0.4) is 0 Å². The van der Waals surface area contributed by atoms with E-state index >= 15 is 0 Å². The smallest absolute Gasteiger partial charge is 0.170 e. The summed E-state index contributed by atoms with van der Waals surface area (Å²) < 4.78 is 30.8. The van der Waals surface area contributed by atoms with Gasteiger partial charge in [-0.1, -0.05) is 0 Å². The molecule has 2 nitrogen and oxygen atoms in total. The van der Waals surface area contributed by atoms with Crippen LogP contribution >= 0.6 is 0 Å². The average Bonchev–Trinajstić information content (AvgIpc) is 2.08. The summed E-state index contributed by atoms with van der Waals surface area (Å²) in [5, 5.41) is 0. The molecule has 2 N–H and O–H groups in total. The van der Waals surface area contributed by atoms with Crippen molar-refractivity contribution in [3.05, 3.63) is 29.3 Å². The number of rotatable bonds is 2. The Labute approximate surface area is 75.3 Å². The van der Waals surface area contributed by atoms with Crippen molar-refractivity contribution in [3.8, 4) is 5.75 Å². The minimum absolute atomic E-state index is 0.118. The Balaban J connectivity index is 3.27. The lowest BCUT2D eigenvalue weighted by Crippen LogP contribution is -2.09. The summed E-state index contributed by atoms with van der Waals surface area (Å²) in [7, 11) is 1.28. The lowest BCUT2D eigenvalue weighted by Gasteiger charge is -2.10. The lowest BCUT2D eigenvalue weighted by molar-refractivity contribution is 0.378. The van der Waals surface area contributed by atoms with Gasteiger partial charge in [-0.3, -0.25) is 0 Å². The monoisotopic (exact) mass is 187 g/mol. The van der Waals surface area contributed by atoms with E-state index in [2.05, 4.69) is 4.74 Å². The molecule has 0 radical (unpaired) electrons. The van der Waals surface area contributed by atoms with Gasteiger partial charge >= 0.3 is 0 Å². The normalized spacial score (nSPS) is 12.7. The maximum absolute atomic E-state index is 13.3. The zero-order chi connectivity index (χ0) is 10.0. The van der Waals surface area contributed by atoms with E-state index in [-0.39, 0.29) is 11.3 Å². The molecule has 0 saturated carbocycles. The van der Waals surface area contributed by atoms with Crippen molar-refractivity contribution < 1.29 is 13.5 Å². The number of methoxy groups -OCH3 is 1. The van der Waals surface area contributed by atoms with Crippen LogP contribution < -0.4 is 10.5 Å². The number of halogens is 2. The predicted octanol–water partition coefficient (Wildman–Crippen LogP) is 1.99. The van der Waals surface area contributed by atoms with E-state index in [0.717, 1.165) is 12.1 Å². The van der Waals surface area contributed by atoms with Crippen molar-refractivity contribution in [1.29, 1.82) is 0 Å². The average molecular weight is 187 g/mol. The SMILES string of the molecule is COc1cc(F)cc(C(C)N)c1F. The number of hydrogen-bond donors (Lipinski definition) is 1. The van der Waals surface area contributed by atoms with Crippen LogP contribution in [-0.4, -0.2) is 7.11 Å². The van der Waals surface area contributed by atoms with Crippen LogP contribution in [0.4, 0.5) is 8.78 Å². The summed E-state index contributed by atoms with van der Waals surface area (Å²) in [5.74, 6) is -1.27. The molecule has 1 aromatic rings. The number of benzene rings is 1. The van der Waals surface area contributed by atoms with E-state index < -0.39 is 17.7 Å². The lowest BCUT2D eigenvalue weighted by atomic mass is 10.1. The van der Waals surface area contributed by atoms with Crippen LogP contribution in [0.2, 0.25) is 0 Å². The van der Waals surface area contributed by atoms with Gasteiger partial charge in [-0.15, -0.1) is 0 Å². The maximum atomic E-state index is 13.3. The molecule has 1 aromatic carbocycles. The molecule has 0 spiro atoms. The summed E-state index contributed by atoms with van der Waals surface area (Å²) in [4.78, 5) is 0. The summed E-state index contributed by atoms with van der Waals surface area (Å²) in [6, 6.07) is 1.51. The fraction of sp³-hybridized carbons (Fsp3) is 0.333. The highest BCUT2D eigenvalue weighted by atomic mass is 19.1. The van der Waals surface area contributed by atoms with Crippen molar-refractivity contribution >= 4 is 0 Å². The Morgan fingerprint density at radius 2 is 2.00 bits per heavy atom. The van der Waals surface area contributed by atoms with Crippen molar-refractivity contribution in [2.24, 2.45) is 5.73 Å². The van der Waals surface area contributed by atoms with Crippen LogP contribution in [0.5, 0.6) is 5.75 Å². The van der Waals surface area contributed by atoms with Gasteiger partial charge in [0.2, 0.25) is 0 Å². The molecule has 0 aliphatic rings. The Morgan fingerprint density at radius 3 is 2.46 bits per heavy atom. The molecule has 4 heteroatoms. The molecule has 0 heterocycles. The second kappa shape index (κ2) is 3.70. The van der Waals surface area contributed by atoms with Crippen molar-refractivity contribution in [1.82, 2.24) is 0 Å². The Hall–Kier alpha value is -1.16. The van der Waals surface area contributed by atoms with E-state index in [9.17, 15) is 8.78 Å². The van der Waals surface area contributed by atoms with E-state index in [1.165, 1.54) is 7.11 Å². The van der Waals surface area contributed by atoms with Crippen LogP contribution in [0, 0.1) is 11.6 Å². The molecule has 1 unspecified atom stereocenters. The van der Waals surface area contributed by atoms with Crippen LogP contribution in [0.15, 0.2) is 12.1 Å². The largest absolute Gasteiger partial charge is 0.494 e. The first-order valence-electron chi connectivity index (χ1n) is 3.84. The summed E-state index contributed by atoms with van der Waals surface area (Å²) in [5.41, 5.74) is 5.57. The molecule has 0 fully saturated rings. The van der Waals surface area contributed by atoms with E-state index in [1.807, 2.05) is 0 Å². The molecule has 13 heavy (non-hydrogen) atoms. The van der Waals surface area contributed by atoms with E-state index in [1.54, 1.807) is 6.92 Å². The van der Waals surface area contributed by atoms with Crippen molar-refractivity contribution in [2.45, 2.75) is 13.0 Å². The second-order valence-electron chi connectivity index (χ2n) is 2.80. The van der Waals surface area contributed by atoms with Gasteiger partial charge in [0.05, 0.1) is 7.11 Å². The van der Waals surface area contributed by atoms with Crippen LogP contribution in [0.1, 0.15) is 18.5 Å². The molecule has 0 aromatic heterocycles. The molecule has 0 saturated heterocycles. The van der Waals surface area contributed by atoms with Gasteiger partial charge in [0, 0.05) is 17.7 Å². The van der Waals surface area contributed by atoms with Gasteiger partial charge in [-0.05, 0) is 13.0 Å². The third-order valence-electron chi connectivity index (χ3n) is 1.74. The molecular weight excluding hydrogens is 176 g/mol. The third kappa shape index (κ3) is 1.95. The fourth-order valence-corrected chi connectivity index (χ4v) is 1.06. The van der Waals surface area contributed by atoms with Crippen molar-refractivity contribution in [2.75, 3.05) is 7.11 Å². The molecule has 72 valence electrons. The summed E-state index contributed by atoms with van der Waals surface area (Å²) in [6.07, 6.45) is 0. The van der Waals surface area contributed by atoms with Gasteiger partial charge in [0.1, 0.15) is 5.82 Å². The standard InChI is InChI=1S/C9H11F2NO/c1-5(12)7-3-6(10)4-8(13-2)9(7)11/h3-5H,12H2,1-2H3. The highest BCUT2D eigenvalue weighted by Gasteiger charge is 2.13. The number of hydrogen-bond acceptors (Lipinski definition) is 2. The summed E-state index contributed by atoms with van der Waals surface area (Å²) >= 11 is 0. The molecule has 0 amide bonds. The van der Waals surface area contributed by atoms with Gasteiger partial charge in [-0.25, -0.2) is 8.78 Å². The van der Waals surface area contributed by atoms with Gasteiger partial charge in [-0.2, -0.15) is 0 Å². The maximum Gasteiger partial charge on any atom is 0.170 e. The first kappa shape index (κ1) is 9.92. The van der Waals surface area contributed by atoms with Crippen molar-refractivity contribution in [3.63, 3.8) is 0 Å². The van der Waals surface area contributed by atoms with Crippen LogP contribution in [-0.2, 0) is 0 Å². The molecule has 1 rings (SSSR count). The minimum atomic E-state index is -0.598. The predicted molar refractivity (Wildman–Crippen MR) is 45.5 cm³/mol. The Bertz CT molecular complexity index is 313. The quantitative estimate of drug-likeness (QED) is 0.768. The highest BCUT2D eigenvalue weighted by molar-refractivity contribution is 5.33. The zero-order valence-corrected chi connectivity index (χ0v) is 7.47. The first-order valence-corrected chi connectivity index (χ1v) is 3.84.